The predicted octanol–water partition coefficient (Wildman–Crippen LogP) is 2.91. The third kappa shape index (κ3) is 3.63. The maximum Gasteiger partial charge on any atom is 0.392 e. The zero-order valence-electron chi connectivity index (χ0n) is 10.0. The number of nitrogens with zero attached hydrogens (tertiary/aromatic N) is 1. The molecule has 0 heterocycles. The predicted molar refractivity (Wildman–Crippen MR) is 61.0 cm³/mol. The second kappa shape index (κ2) is 4.56. The molecule has 0 radical (unpaired) electrons. The second-order valence-corrected chi connectivity index (χ2v) is 4.48. The maximum atomic E-state index is 12.4. The monoisotopic (exact) mass is 247 g/mol. The molecule has 1 atom stereocenters. The molecule has 1 unspecified atom stereocenters. The fraction of sp³-hybridized carbons (Fsp3) is 0.500. The Balaban J connectivity index is 3.14. The normalized spacial score (nSPS) is 15.5. The van der Waals surface area contributed by atoms with Crippen LogP contribution in [0.2, 0.25) is 0 Å². The van der Waals surface area contributed by atoms with E-state index >= 15 is 0 Å². The molecule has 17 heavy (non-hydrogen) atoms. The molecule has 0 fully saturated rings. The van der Waals surface area contributed by atoms with Crippen LogP contribution in [0.5, 0.6) is 0 Å². The quantitative estimate of drug-likeness (QED) is 0.887. The first-order chi connectivity index (χ1) is 7.63. The van der Waals surface area contributed by atoms with Crippen LogP contribution in [-0.2, 0) is 5.60 Å². The first kappa shape index (κ1) is 13.8. The van der Waals surface area contributed by atoms with Crippen molar-refractivity contribution >= 4 is 5.69 Å². The van der Waals surface area contributed by atoms with Gasteiger partial charge in [-0.3, -0.25) is 0 Å². The van der Waals surface area contributed by atoms with Crippen molar-refractivity contribution in [3.05, 3.63) is 29.8 Å². The number of benzene rings is 1. The summed E-state index contributed by atoms with van der Waals surface area (Å²) in [5, 5.41) is 10.0. The summed E-state index contributed by atoms with van der Waals surface area (Å²) in [7, 11) is 3.45. The first-order valence-corrected chi connectivity index (χ1v) is 5.19. The summed E-state index contributed by atoms with van der Waals surface area (Å²) in [5.74, 6) is 0. The molecule has 1 aromatic carbocycles. The molecule has 0 amide bonds. The summed E-state index contributed by atoms with van der Waals surface area (Å²) in [6.07, 6.45) is -5.66. The molecule has 96 valence electrons. The zero-order chi connectivity index (χ0) is 13.3. The summed E-state index contributed by atoms with van der Waals surface area (Å²) in [6.45, 7) is 1.18. The number of hydrogen-bond acceptors (Lipinski definition) is 2. The van der Waals surface area contributed by atoms with Crippen molar-refractivity contribution in [1.29, 1.82) is 0 Å². The number of aliphatic hydroxyl groups is 1. The van der Waals surface area contributed by atoms with E-state index in [4.69, 9.17) is 0 Å². The fourth-order valence-electron chi connectivity index (χ4n) is 1.80. The van der Waals surface area contributed by atoms with Crippen molar-refractivity contribution in [1.82, 2.24) is 0 Å². The minimum atomic E-state index is -4.40. The van der Waals surface area contributed by atoms with Crippen LogP contribution >= 0.6 is 0 Å². The lowest BCUT2D eigenvalue weighted by atomic mass is 9.90. The molecule has 0 spiro atoms. The van der Waals surface area contributed by atoms with E-state index in [-0.39, 0.29) is 5.56 Å². The summed E-state index contributed by atoms with van der Waals surface area (Å²) in [4.78, 5) is 1.68. The highest BCUT2D eigenvalue weighted by Crippen LogP contribution is 2.38. The van der Waals surface area contributed by atoms with Crippen LogP contribution in [-0.4, -0.2) is 25.4 Å². The molecule has 0 saturated heterocycles. The number of para-hydroxylation sites is 1. The SMILES string of the molecule is CN(C)c1ccccc1C(C)(O)CC(F)(F)F. The number of alkyl halides is 3. The van der Waals surface area contributed by atoms with E-state index in [1.807, 2.05) is 0 Å². The van der Waals surface area contributed by atoms with Crippen LogP contribution in [0.15, 0.2) is 24.3 Å². The smallest absolute Gasteiger partial charge is 0.385 e. The molecule has 2 nitrogen and oxygen atoms in total. The molecular formula is C12H16F3NO. The Morgan fingerprint density at radius 2 is 1.71 bits per heavy atom. The Kier molecular flexibility index (Phi) is 3.71. The molecule has 0 aromatic heterocycles. The largest absolute Gasteiger partial charge is 0.392 e. The summed E-state index contributed by atoms with van der Waals surface area (Å²) >= 11 is 0. The highest BCUT2D eigenvalue weighted by molar-refractivity contribution is 5.54. The summed E-state index contributed by atoms with van der Waals surface area (Å²) in [5.41, 5.74) is -1.05. The Bertz CT molecular complexity index is 386. The van der Waals surface area contributed by atoms with Gasteiger partial charge in [0.15, 0.2) is 0 Å². The van der Waals surface area contributed by atoms with E-state index in [1.54, 1.807) is 37.2 Å². The molecular weight excluding hydrogens is 231 g/mol. The molecule has 1 rings (SSSR count). The average Bonchev–Trinajstić information content (AvgIpc) is 2.14. The molecule has 5 heteroatoms. The standard InChI is InChI=1S/C12H16F3NO/c1-11(17,8-12(13,14)15)9-6-4-5-7-10(9)16(2)3/h4-7,17H,8H2,1-3H3. The van der Waals surface area contributed by atoms with Crippen LogP contribution in [0.1, 0.15) is 18.9 Å². The van der Waals surface area contributed by atoms with Crippen molar-refractivity contribution in [3.63, 3.8) is 0 Å². The number of halogens is 3. The molecule has 1 aromatic rings. The van der Waals surface area contributed by atoms with Crippen LogP contribution in [0.3, 0.4) is 0 Å². The topological polar surface area (TPSA) is 23.5 Å². The third-order valence-electron chi connectivity index (χ3n) is 2.51. The van der Waals surface area contributed by atoms with Crippen molar-refractivity contribution in [2.45, 2.75) is 25.1 Å². The Labute approximate surface area is 98.7 Å². The number of hydrogen-bond donors (Lipinski definition) is 1. The number of rotatable bonds is 3. The van der Waals surface area contributed by atoms with Gasteiger partial charge in [0, 0.05) is 25.3 Å². The number of anilines is 1. The fourth-order valence-corrected chi connectivity index (χ4v) is 1.80. The van der Waals surface area contributed by atoms with Crippen molar-refractivity contribution in [3.8, 4) is 0 Å². The van der Waals surface area contributed by atoms with E-state index in [9.17, 15) is 18.3 Å². The van der Waals surface area contributed by atoms with Gasteiger partial charge in [-0.2, -0.15) is 13.2 Å². The van der Waals surface area contributed by atoms with Crippen molar-refractivity contribution in [2.75, 3.05) is 19.0 Å². The first-order valence-electron chi connectivity index (χ1n) is 5.19. The van der Waals surface area contributed by atoms with Gasteiger partial charge in [-0.15, -0.1) is 0 Å². The third-order valence-corrected chi connectivity index (χ3v) is 2.51. The lowest BCUT2D eigenvalue weighted by Crippen LogP contribution is -2.30. The molecule has 1 N–H and O–H groups in total. The van der Waals surface area contributed by atoms with E-state index in [0.29, 0.717) is 5.69 Å². The van der Waals surface area contributed by atoms with Crippen molar-refractivity contribution in [2.24, 2.45) is 0 Å². The van der Waals surface area contributed by atoms with Gasteiger partial charge in [0.1, 0.15) is 0 Å². The van der Waals surface area contributed by atoms with Gasteiger partial charge in [0.05, 0.1) is 12.0 Å². The second-order valence-electron chi connectivity index (χ2n) is 4.48. The highest BCUT2D eigenvalue weighted by atomic mass is 19.4. The lowest BCUT2D eigenvalue weighted by molar-refractivity contribution is -0.174. The van der Waals surface area contributed by atoms with Crippen LogP contribution in [0.25, 0.3) is 0 Å². The Morgan fingerprint density at radius 1 is 1.18 bits per heavy atom. The summed E-state index contributed by atoms with van der Waals surface area (Å²) in [6, 6.07) is 6.54. The lowest BCUT2D eigenvalue weighted by Gasteiger charge is -2.29. The van der Waals surface area contributed by atoms with Crippen LogP contribution in [0, 0.1) is 0 Å². The van der Waals surface area contributed by atoms with Gasteiger partial charge in [0.25, 0.3) is 0 Å². The van der Waals surface area contributed by atoms with E-state index in [2.05, 4.69) is 0 Å². The Hall–Kier alpha value is -1.23. The van der Waals surface area contributed by atoms with Gasteiger partial charge < -0.3 is 10.0 Å². The summed E-state index contributed by atoms with van der Waals surface area (Å²) < 4.78 is 37.2. The minimum Gasteiger partial charge on any atom is -0.385 e. The van der Waals surface area contributed by atoms with Gasteiger partial charge >= 0.3 is 6.18 Å². The maximum absolute atomic E-state index is 12.4. The van der Waals surface area contributed by atoms with Gasteiger partial charge in [-0.25, -0.2) is 0 Å². The van der Waals surface area contributed by atoms with Crippen LogP contribution in [0.4, 0.5) is 18.9 Å². The molecule has 0 aliphatic heterocycles. The van der Waals surface area contributed by atoms with E-state index in [1.165, 1.54) is 13.0 Å². The van der Waals surface area contributed by atoms with Gasteiger partial charge in [0.2, 0.25) is 0 Å². The average molecular weight is 247 g/mol. The molecule has 0 aliphatic rings. The molecule has 0 saturated carbocycles. The highest BCUT2D eigenvalue weighted by Gasteiger charge is 2.40. The Morgan fingerprint density at radius 3 is 2.18 bits per heavy atom. The van der Waals surface area contributed by atoms with Crippen LogP contribution < -0.4 is 4.90 Å². The van der Waals surface area contributed by atoms with E-state index < -0.39 is 18.2 Å². The molecule has 0 bridgehead atoms. The van der Waals surface area contributed by atoms with Gasteiger partial charge in [-0.1, -0.05) is 18.2 Å². The van der Waals surface area contributed by atoms with E-state index in [0.717, 1.165) is 0 Å². The zero-order valence-corrected chi connectivity index (χ0v) is 10.0. The van der Waals surface area contributed by atoms with Gasteiger partial charge in [-0.05, 0) is 13.0 Å². The minimum absolute atomic E-state index is 0.280. The van der Waals surface area contributed by atoms with Crippen molar-refractivity contribution < 1.29 is 18.3 Å². The molecule has 0 aliphatic carbocycles.